The monoisotopic (exact) mass is 321 g/mol. The molecule has 0 fully saturated rings. The zero-order valence-electron chi connectivity index (χ0n) is 11.8. The van der Waals surface area contributed by atoms with Crippen molar-refractivity contribution in [2.75, 3.05) is 0 Å². The molecule has 1 unspecified atom stereocenters. The van der Waals surface area contributed by atoms with Crippen molar-refractivity contribution in [3.63, 3.8) is 0 Å². The van der Waals surface area contributed by atoms with Crippen LogP contribution in [0.15, 0.2) is 24.3 Å². The minimum Gasteiger partial charge on any atom is -0.480 e. The van der Waals surface area contributed by atoms with E-state index in [1.54, 1.807) is 0 Å². The SMILES string of the molecule is CC(C)[C@@H](NC(=O)C(F)c1ccc(C(F)(F)F)cc1)C(=O)O. The summed E-state index contributed by atoms with van der Waals surface area (Å²) in [4.78, 5) is 22.6. The van der Waals surface area contributed by atoms with Gasteiger partial charge in [0.25, 0.3) is 5.91 Å². The van der Waals surface area contributed by atoms with Crippen LogP contribution in [0.2, 0.25) is 0 Å². The van der Waals surface area contributed by atoms with Crippen LogP contribution in [0.1, 0.15) is 31.1 Å². The molecule has 0 bridgehead atoms. The summed E-state index contributed by atoms with van der Waals surface area (Å²) in [6.07, 6.45) is -6.80. The van der Waals surface area contributed by atoms with Gasteiger partial charge in [0.2, 0.25) is 6.17 Å². The number of aliphatic carboxylic acids is 1. The average Bonchev–Trinajstić information content (AvgIpc) is 2.42. The van der Waals surface area contributed by atoms with Gasteiger partial charge < -0.3 is 10.4 Å². The number of carboxylic acid groups (broad SMARTS) is 1. The van der Waals surface area contributed by atoms with Gasteiger partial charge in [0.15, 0.2) is 0 Å². The fourth-order valence-electron chi connectivity index (χ4n) is 1.73. The molecule has 0 saturated carbocycles. The number of halogens is 4. The van der Waals surface area contributed by atoms with Crippen LogP contribution in [-0.4, -0.2) is 23.0 Å². The highest BCUT2D eigenvalue weighted by Gasteiger charge is 2.32. The number of nitrogens with one attached hydrogen (secondary N) is 1. The molecule has 0 spiro atoms. The minimum absolute atomic E-state index is 0.279. The predicted octanol–water partition coefficient (Wildman–Crippen LogP) is 2.94. The first kappa shape index (κ1) is 17.9. The van der Waals surface area contributed by atoms with Gasteiger partial charge >= 0.3 is 12.1 Å². The minimum atomic E-state index is -4.56. The molecule has 1 rings (SSSR count). The van der Waals surface area contributed by atoms with Gasteiger partial charge in [0.1, 0.15) is 6.04 Å². The number of carboxylic acids is 1. The van der Waals surface area contributed by atoms with Gasteiger partial charge in [-0.05, 0) is 23.6 Å². The third-order valence-corrected chi connectivity index (χ3v) is 2.99. The molecule has 0 radical (unpaired) electrons. The van der Waals surface area contributed by atoms with E-state index in [1.807, 2.05) is 5.32 Å². The van der Waals surface area contributed by atoms with Crippen LogP contribution >= 0.6 is 0 Å². The molecule has 2 N–H and O–H groups in total. The Kier molecular flexibility index (Phi) is 5.51. The van der Waals surface area contributed by atoms with Gasteiger partial charge in [-0.25, -0.2) is 9.18 Å². The van der Waals surface area contributed by atoms with Crippen LogP contribution in [0.25, 0.3) is 0 Å². The normalized spacial score (nSPS) is 14.5. The molecule has 8 heteroatoms. The molecule has 1 aromatic rings. The molecule has 4 nitrogen and oxygen atoms in total. The van der Waals surface area contributed by atoms with E-state index < -0.39 is 41.7 Å². The lowest BCUT2D eigenvalue weighted by Crippen LogP contribution is -2.45. The molecule has 1 aromatic carbocycles. The Morgan fingerprint density at radius 3 is 2.00 bits per heavy atom. The molecule has 2 atom stereocenters. The zero-order chi connectivity index (χ0) is 17.1. The van der Waals surface area contributed by atoms with E-state index in [0.717, 1.165) is 12.1 Å². The number of carbonyl (C=O) groups is 2. The largest absolute Gasteiger partial charge is 0.480 e. The summed E-state index contributed by atoms with van der Waals surface area (Å²) < 4.78 is 51.1. The van der Waals surface area contributed by atoms with Crippen LogP contribution in [-0.2, 0) is 15.8 Å². The molecular formula is C14H15F4NO3. The summed E-state index contributed by atoms with van der Waals surface area (Å²) in [5.41, 5.74) is -1.24. The number of alkyl halides is 4. The maximum Gasteiger partial charge on any atom is 0.416 e. The van der Waals surface area contributed by atoms with E-state index in [0.29, 0.717) is 12.1 Å². The summed E-state index contributed by atoms with van der Waals surface area (Å²) in [5, 5.41) is 10.9. The number of hydrogen-bond acceptors (Lipinski definition) is 2. The Bertz CT molecular complexity index is 540. The molecule has 0 aliphatic carbocycles. The molecule has 0 saturated heterocycles. The molecule has 22 heavy (non-hydrogen) atoms. The van der Waals surface area contributed by atoms with E-state index in [-0.39, 0.29) is 5.56 Å². The lowest BCUT2D eigenvalue weighted by molar-refractivity contribution is -0.144. The Hall–Kier alpha value is -2.12. The van der Waals surface area contributed by atoms with Gasteiger partial charge in [-0.15, -0.1) is 0 Å². The summed E-state index contributed by atoms with van der Waals surface area (Å²) in [5.74, 6) is -3.00. The van der Waals surface area contributed by atoms with Crippen LogP contribution in [0, 0.1) is 5.92 Å². The number of carbonyl (C=O) groups excluding carboxylic acids is 1. The number of rotatable bonds is 5. The van der Waals surface area contributed by atoms with Crippen LogP contribution in [0.4, 0.5) is 17.6 Å². The first-order chi connectivity index (χ1) is 10.0. The summed E-state index contributed by atoms with van der Waals surface area (Å²) >= 11 is 0. The maximum absolute atomic E-state index is 14.0. The molecule has 0 aliphatic rings. The van der Waals surface area contributed by atoms with E-state index in [9.17, 15) is 27.2 Å². The maximum atomic E-state index is 14.0. The fraction of sp³-hybridized carbons (Fsp3) is 0.429. The number of amides is 1. The van der Waals surface area contributed by atoms with Crippen molar-refractivity contribution in [3.05, 3.63) is 35.4 Å². The van der Waals surface area contributed by atoms with Gasteiger partial charge in [0.05, 0.1) is 5.56 Å². The first-order valence-corrected chi connectivity index (χ1v) is 6.38. The van der Waals surface area contributed by atoms with Crippen molar-refractivity contribution < 1.29 is 32.3 Å². The second-order valence-corrected chi connectivity index (χ2v) is 5.05. The highest BCUT2D eigenvalue weighted by molar-refractivity contribution is 5.87. The predicted molar refractivity (Wildman–Crippen MR) is 69.7 cm³/mol. The Morgan fingerprint density at radius 1 is 1.14 bits per heavy atom. The Labute approximate surface area is 124 Å². The Balaban J connectivity index is 2.85. The smallest absolute Gasteiger partial charge is 0.416 e. The van der Waals surface area contributed by atoms with Crippen molar-refractivity contribution in [3.8, 4) is 0 Å². The molecule has 0 aliphatic heterocycles. The fourth-order valence-corrected chi connectivity index (χ4v) is 1.73. The standard InChI is InChI=1S/C14H15F4NO3/c1-7(2)11(13(21)22)19-12(20)10(15)8-3-5-9(6-4-8)14(16,17)18/h3-7,10-11H,1-2H3,(H,19,20)(H,21,22)/t10?,11-/m1/s1. The van der Waals surface area contributed by atoms with E-state index in [4.69, 9.17) is 5.11 Å². The Morgan fingerprint density at radius 2 is 1.64 bits per heavy atom. The summed E-state index contributed by atoms with van der Waals surface area (Å²) in [6, 6.07) is 1.73. The van der Waals surface area contributed by atoms with Crippen molar-refractivity contribution in [2.45, 2.75) is 32.2 Å². The third kappa shape index (κ3) is 4.44. The van der Waals surface area contributed by atoms with Gasteiger partial charge in [0, 0.05) is 0 Å². The van der Waals surface area contributed by atoms with Gasteiger partial charge in [-0.3, -0.25) is 4.79 Å². The van der Waals surface area contributed by atoms with Crippen molar-refractivity contribution in [1.29, 1.82) is 0 Å². The third-order valence-electron chi connectivity index (χ3n) is 2.99. The van der Waals surface area contributed by atoms with Crippen LogP contribution < -0.4 is 5.32 Å². The van der Waals surface area contributed by atoms with Crippen LogP contribution in [0.5, 0.6) is 0 Å². The number of hydrogen-bond donors (Lipinski definition) is 2. The van der Waals surface area contributed by atoms with Gasteiger partial charge in [-0.1, -0.05) is 26.0 Å². The molecule has 122 valence electrons. The highest BCUT2D eigenvalue weighted by atomic mass is 19.4. The van der Waals surface area contributed by atoms with Crippen molar-refractivity contribution in [2.24, 2.45) is 5.92 Å². The van der Waals surface area contributed by atoms with E-state index in [2.05, 4.69) is 0 Å². The summed E-state index contributed by atoms with van der Waals surface area (Å²) in [6.45, 7) is 3.06. The van der Waals surface area contributed by atoms with E-state index in [1.165, 1.54) is 13.8 Å². The lowest BCUT2D eigenvalue weighted by Gasteiger charge is -2.19. The second kappa shape index (κ2) is 6.76. The van der Waals surface area contributed by atoms with E-state index >= 15 is 0 Å². The topological polar surface area (TPSA) is 66.4 Å². The number of benzene rings is 1. The van der Waals surface area contributed by atoms with Crippen molar-refractivity contribution >= 4 is 11.9 Å². The first-order valence-electron chi connectivity index (χ1n) is 6.38. The molecule has 0 heterocycles. The van der Waals surface area contributed by atoms with Crippen molar-refractivity contribution in [1.82, 2.24) is 5.32 Å². The second-order valence-electron chi connectivity index (χ2n) is 5.05. The quantitative estimate of drug-likeness (QED) is 0.820. The highest BCUT2D eigenvalue weighted by Crippen LogP contribution is 2.30. The molecule has 0 aromatic heterocycles. The lowest BCUT2D eigenvalue weighted by atomic mass is 10.0. The van der Waals surface area contributed by atoms with Gasteiger partial charge in [-0.2, -0.15) is 13.2 Å². The molecule has 1 amide bonds. The molecular weight excluding hydrogens is 306 g/mol. The zero-order valence-corrected chi connectivity index (χ0v) is 11.8. The summed E-state index contributed by atoms with van der Waals surface area (Å²) in [7, 11) is 0. The van der Waals surface area contributed by atoms with Crippen LogP contribution in [0.3, 0.4) is 0 Å². The average molecular weight is 321 g/mol.